The fourth-order valence-corrected chi connectivity index (χ4v) is 3.78. The Hall–Kier alpha value is -3.15. The third-order valence-electron chi connectivity index (χ3n) is 5.10. The highest BCUT2D eigenvalue weighted by molar-refractivity contribution is 5.86. The van der Waals surface area contributed by atoms with Crippen molar-refractivity contribution in [3.05, 3.63) is 34.0 Å². The van der Waals surface area contributed by atoms with Gasteiger partial charge in [0.2, 0.25) is 5.65 Å². The second-order valence-corrected chi connectivity index (χ2v) is 7.50. The predicted octanol–water partition coefficient (Wildman–Crippen LogP) is 1.36. The van der Waals surface area contributed by atoms with E-state index in [1.165, 1.54) is 0 Å². The van der Waals surface area contributed by atoms with Gasteiger partial charge in [0.15, 0.2) is 5.82 Å². The third-order valence-corrected chi connectivity index (χ3v) is 5.10. The van der Waals surface area contributed by atoms with E-state index in [0.717, 1.165) is 26.0 Å². The molecule has 1 aliphatic heterocycles. The number of hydrogen-bond donors (Lipinski definition) is 2. The first-order valence-electron chi connectivity index (χ1n) is 9.83. The number of hydrogen-bond acceptors (Lipinski definition) is 6. The summed E-state index contributed by atoms with van der Waals surface area (Å²) in [6.07, 6.45) is -5.54. The summed E-state index contributed by atoms with van der Waals surface area (Å²) in [6, 6.07) is 3.69. The largest absolute Gasteiger partial charge is 0.428 e. The number of ether oxygens (including phenoxy) is 1. The number of aromatic amines is 1. The van der Waals surface area contributed by atoms with Gasteiger partial charge in [-0.25, -0.2) is 9.89 Å². The van der Waals surface area contributed by atoms with Crippen LogP contribution in [0.1, 0.15) is 17.8 Å². The number of pyridine rings is 1. The Morgan fingerprint density at radius 3 is 2.45 bits per heavy atom. The minimum absolute atomic E-state index is 0.102. The number of nitrogens with one attached hydrogen (secondary N) is 1. The molecule has 0 unspecified atom stereocenters. The van der Waals surface area contributed by atoms with Crippen molar-refractivity contribution in [2.45, 2.75) is 33.0 Å². The highest BCUT2D eigenvalue weighted by Gasteiger charge is 2.31. The van der Waals surface area contributed by atoms with E-state index in [-0.39, 0.29) is 11.6 Å². The van der Waals surface area contributed by atoms with Gasteiger partial charge in [-0.2, -0.15) is 17.9 Å². The maximum absolute atomic E-state index is 12.8. The van der Waals surface area contributed by atoms with Crippen LogP contribution in [0.2, 0.25) is 0 Å². The molecule has 0 saturated carbocycles. The molecule has 0 aliphatic carbocycles. The SMILES string of the molecule is Cc1cc(-c2c(N3CCOCC3)nc(N)[n+]3c(=O)n(CCC(F)(F)F)[nH]c23)cc(C)n1. The Balaban J connectivity index is 1.97. The number of rotatable bonds is 4. The van der Waals surface area contributed by atoms with E-state index >= 15 is 0 Å². The fraction of sp³-hybridized carbons (Fsp3) is 0.474. The molecule has 12 heteroatoms. The molecule has 1 saturated heterocycles. The van der Waals surface area contributed by atoms with Crippen LogP contribution in [0, 0.1) is 13.8 Å². The van der Waals surface area contributed by atoms with Gasteiger partial charge in [0.25, 0.3) is 0 Å². The molecule has 166 valence electrons. The van der Waals surface area contributed by atoms with Crippen LogP contribution in [0.4, 0.5) is 24.9 Å². The fourth-order valence-electron chi connectivity index (χ4n) is 3.78. The highest BCUT2D eigenvalue weighted by Crippen LogP contribution is 2.33. The lowest BCUT2D eigenvalue weighted by atomic mass is 10.1. The molecule has 0 atom stereocenters. The van der Waals surface area contributed by atoms with Crippen LogP contribution in [0.15, 0.2) is 16.9 Å². The van der Waals surface area contributed by atoms with Gasteiger partial charge in [0, 0.05) is 24.5 Å². The zero-order valence-corrected chi connectivity index (χ0v) is 17.2. The standard InChI is InChI=1S/C19H22F3N7O2/c1-11-9-13(10-12(2)24-11)14-15(27-5-7-31-8-6-27)25-17(23)29-16(14)26-28(18(29)30)4-3-19(20,21)22/h9-10H,3-8H2,1-2H3,(H2,23,24,25,26)/p+1. The molecule has 4 rings (SSSR count). The molecule has 3 aromatic rings. The van der Waals surface area contributed by atoms with Crippen LogP contribution >= 0.6 is 0 Å². The van der Waals surface area contributed by atoms with Gasteiger partial charge in [0.1, 0.15) is 0 Å². The minimum atomic E-state index is -4.40. The summed E-state index contributed by atoms with van der Waals surface area (Å²) < 4.78 is 45.7. The summed E-state index contributed by atoms with van der Waals surface area (Å²) in [6.45, 7) is 5.28. The third kappa shape index (κ3) is 4.20. The highest BCUT2D eigenvalue weighted by atomic mass is 19.4. The van der Waals surface area contributed by atoms with Crippen molar-refractivity contribution < 1.29 is 22.3 Å². The van der Waals surface area contributed by atoms with Gasteiger partial charge in [0.05, 0.1) is 31.7 Å². The van der Waals surface area contributed by atoms with Crippen LogP contribution in [0.25, 0.3) is 16.8 Å². The van der Waals surface area contributed by atoms with E-state index in [4.69, 9.17) is 10.5 Å². The van der Waals surface area contributed by atoms with Gasteiger partial charge >= 0.3 is 17.8 Å². The predicted molar refractivity (Wildman–Crippen MR) is 107 cm³/mol. The molecular weight excluding hydrogens is 415 g/mol. The normalized spacial score (nSPS) is 15.1. The number of nitrogens with two attached hydrogens (primary N) is 1. The minimum Gasteiger partial charge on any atom is -0.378 e. The van der Waals surface area contributed by atoms with Crippen LogP contribution in [0.3, 0.4) is 0 Å². The van der Waals surface area contributed by atoms with E-state index in [9.17, 15) is 18.0 Å². The molecule has 0 spiro atoms. The van der Waals surface area contributed by atoms with Crippen LogP contribution in [-0.4, -0.2) is 52.2 Å². The Labute approximate surface area is 175 Å². The van der Waals surface area contributed by atoms with Crippen molar-refractivity contribution in [3.63, 3.8) is 0 Å². The number of nitrogen functional groups attached to an aromatic ring is 1. The van der Waals surface area contributed by atoms with Gasteiger partial charge in [-0.15, -0.1) is 9.38 Å². The molecule has 31 heavy (non-hydrogen) atoms. The van der Waals surface area contributed by atoms with Gasteiger partial charge in [-0.1, -0.05) is 0 Å². The zero-order valence-electron chi connectivity index (χ0n) is 17.2. The van der Waals surface area contributed by atoms with Crippen LogP contribution in [0.5, 0.6) is 0 Å². The van der Waals surface area contributed by atoms with Gasteiger partial charge in [-0.3, -0.25) is 4.98 Å². The van der Waals surface area contributed by atoms with E-state index in [2.05, 4.69) is 15.1 Å². The number of H-pyrrole nitrogens is 1. The van der Waals surface area contributed by atoms with Crippen molar-refractivity contribution >= 4 is 17.4 Å². The van der Waals surface area contributed by atoms with Crippen molar-refractivity contribution in [1.82, 2.24) is 19.7 Å². The molecule has 1 aliphatic rings. The summed E-state index contributed by atoms with van der Waals surface area (Å²) in [5.41, 5.74) is 8.50. The smallest absolute Gasteiger partial charge is 0.378 e. The number of aromatic nitrogens is 5. The number of nitrogens with zero attached hydrogens (tertiary/aromatic N) is 5. The molecule has 3 N–H and O–H groups in total. The monoisotopic (exact) mass is 438 g/mol. The molecule has 9 nitrogen and oxygen atoms in total. The molecule has 0 bridgehead atoms. The maximum atomic E-state index is 12.8. The number of fused-ring (bicyclic) bond motifs is 1. The first-order valence-corrected chi connectivity index (χ1v) is 9.83. The summed E-state index contributed by atoms with van der Waals surface area (Å²) >= 11 is 0. The number of aryl methyl sites for hydroxylation is 3. The van der Waals surface area contributed by atoms with Crippen LogP contribution < -0.4 is 20.7 Å². The summed E-state index contributed by atoms with van der Waals surface area (Å²) in [7, 11) is 0. The Bertz CT molecular complexity index is 1160. The lowest BCUT2D eigenvalue weighted by Gasteiger charge is -2.28. The van der Waals surface area contributed by atoms with Gasteiger partial charge < -0.3 is 15.4 Å². The van der Waals surface area contributed by atoms with Crippen molar-refractivity contribution in [2.75, 3.05) is 36.9 Å². The van der Waals surface area contributed by atoms with Crippen molar-refractivity contribution in [2.24, 2.45) is 0 Å². The first-order chi connectivity index (χ1) is 14.6. The maximum Gasteiger partial charge on any atom is 0.428 e. The molecule has 0 aromatic carbocycles. The van der Waals surface area contributed by atoms with E-state index in [0.29, 0.717) is 37.7 Å². The van der Waals surface area contributed by atoms with Crippen LogP contribution in [-0.2, 0) is 11.3 Å². The average Bonchev–Trinajstić information content (AvgIpc) is 3.02. The quantitative estimate of drug-likeness (QED) is 0.596. The van der Waals surface area contributed by atoms with Crippen molar-refractivity contribution in [1.29, 1.82) is 0 Å². The van der Waals surface area contributed by atoms with E-state index in [1.807, 2.05) is 30.9 Å². The summed E-state index contributed by atoms with van der Waals surface area (Å²) in [5.74, 6) is 0.435. The summed E-state index contributed by atoms with van der Waals surface area (Å²) in [5, 5.41) is 2.83. The lowest BCUT2D eigenvalue weighted by Crippen LogP contribution is -2.45. The number of halogens is 3. The molecular formula is C19H23F3N7O2+. The Morgan fingerprint density at radius 1 is 1.19 bits per heavy atom. The molecule has 4 heterocycles. The average molecular weight is 438 g/mol. The van der Waals surface area contributed by atoms with E-state index in [1.54, 1.807) is 0 Å². The number of anilines is 2. The molecule has 0 radical (unpaired) electrons. The van der Waals surface area contributed by atoms with Crippen molar-refractivity contribution in [3.8, 4) is 11.1 Å². The Kier molecular flexibility index (Phi) is 5.33. The second kappa shape index (κ2) is 7.84. The molecule has 1 fully saturated rings. The summed E-state index contributed by atoms with van der Waals surface area (Å²) in [4.78, 5) is 23.7. The molecule has 3 aromatic heterocycles. The van der Waals surface area contributed by atoms with Gasteiger partial charge in [-0.05, 0) is 31.5 Å². The number of alkyl halides is 3. The lowest BCUT2D eigenvalue weighted by molar-refractivity contribution is -0.516. The first kappa shape index (κ1) is 21.1. The Morgan fingerprint density at radius 2 is 1.84 bits per heavy atom. The topological polar surface area (TPSA) is 106 Å². The van der Waals surface area contributed by atoms with E-state index < -0.39 is 24.8 Å². The second-order valence-electron chi connectivity index (χ2n) is 7.50. The number of morpholine rings is 1. The zero-order chi connectivity index (χ0) is 22.3. The molecule has 0 amide bonds.